The van der Waals surface area contributed by atoms with Crippen molar-refractivity contribution in [3.63, 3.8) is 0 Å². The Hall–Kier alpha value is -3.19. The van der Waals surface area contributed by atoms with Crippen LogP contribution in [0.5, 0.6) is 0 Å². The van der Waals surface area contributed by atoms with Gasteiger partial charge >= 0.3 is 0 Å². The molecular weight excluding hydrogens is 369 g/mol. The van der Waals surface area contributed by atoms with Crippen LogP contribution < -0.4 is 9.83 Å². The number of rotatable bonds is 4. The Morgan fingerprint density at radius 2 is 1.70 bits per heavy atom. The molecule has 3 aromatic rings. The Balaban J connectivity index is 1.72. The van der Waals surface area contributed by atoms with Crippen molar-refractivity contribution < 1.29 is 22.7 Å². The van der Waals surface area contributed by atoms with Gasteiger partial charge < -0.3 is 9.90 Å². The molecule has 136 valence electrons. The van der Waals surface area contributed by atoms with Crippen LogP contribution in [0.1, 0.15) is 21.5 Å². The van der Waals surface area contributed by atoms with E-state index in [9.17, 15) is 22.7 Å². The molecule has 4 rings (SSSR count). The summed E-state index contributed by atoms with van der Waals surface area (Å²) in [5, 5.41) is 10.9. The van der Waals surface area contributed by atoms with Crippen LogP contribution in [0.2, 0.25) is 0 Å². The molecular formula is C20H13FNO4S-. The minimum absolute atomic E-state index is 0.267. The number of carboxylic acid groups (broad SMARTS) is 1. The third-order valence-corrected chi connectivity index (χ3v) is 5.90. The maximum absolute atomic E-state index is 14.0. The van der Waals surface area contributed by atoms with E-state index in [1.807, 2.05) is 30.3 Å². The average molecular weight is 382 g/mol. The van der Waals surface area contributed by atoms with E-state index >= 15 is 0 Å². The van der Waals surface area contributed by atoms with Crippen LogP contribution in [0.3, 0.4) is 0 Å². The molecule has 0 saturated heterocycles. The van der Waals surface area contributed by atoms with E-state index in [1.54, 1.807) is 12.1 Å². The molecule has 1 N–H and O–H groups in total. The molecule has 0 saturated carbocycles. The molecule has 0 fully saturated rings. The highest BCUT2D eigenvalue weighted by Crippen LogP contribution is 2.38. The summed E-state index contributed by atoms with van der Waals surface area (Å²) in [4.78, 5) is 10.2. The molecule has 0 amide bonds. The second-order valence-electron chi connectivity index (χ2n) is 6.24. The third-order valence-electron chi connectivity index (χ3n) is 4.51. The Morgan fingerprint density at radius 3 is 2.48 bits per heavy atom. The number of benzene rings is 3. The van der Waals surface area contributed by atoms with Crippen LogP contribution >= 0.6 is 0 Å². The number of carbonyl (C=O) groups excluding carboxylic acids is 1. The van der Waals surface area contributed by atoms with Gasteiger partial charge in [0, 0.05) is 5.69 Å². The number of carboxylic acids is 1. The standard InChI is InChI=1S/C20H14FNO4S/c21-18-8-6-14(20(23)24)10-19(18)27(25,26)22-15-7-5-13-9-12-3-1-2-4-16(12)17(13)11-15/h1-8,10-11,22H,9H2,(H,23,24)/p-1. The molecule has 7 heteroatoms. The smallest absolute Gasteiger partial charge is 0.264 e. The lowest BCUT2D eigenvalue weighted by molar-refractivity contribution is -0.255. The lowest BCUT2D eigenvalue weighted by Gasteiger charge is -2.12. The maximum Gasteiger partial charge on any atom is 0.264 e. The summed E-state index contributed by atoms with van der Waals surface area (Å²) >= 11 is 0. The highest BCUT2D eigenvalue weighted by molar-refractivity contribution is 7.92. The summed E-state index contributed by atoms with van der Waals surface area (Å²) in [6, 6.07) is 15.4. The van der Waals surface area contributed by atoms with Gasteiger partial charge in [-0.2, -0.15) is 0 Å². The summed E-state index contributed by atoms with van der Waals surface area (Å²) in [6.07, 6.45) is 0.765. The van der Waals surface area contributed by atoms with Gasteiger partial charge in [0.15, 0.2) is 0 Å². The van der Waals surface area contributed by atoms with Gasteiger partial charge in [-0.1, -0.05) is 36.4 Å². The summed E-state index contributed by atoms with van der Waals surface area (Å²) in [6.45, 7) is 0. The number of carbonyl (C=O) groups is 1. The van der Waals surface area contributed by atoms with Crippen molar-refractivity contribution in [1.82, 2.24) is 0 Å². The Morgan fingerprint density at radius 1 is 0.963 bits per heavy atom. The summed E-state index contributed by atoms with van der Waals surface area (Å²) in [5.41, 5.74) is 4.02. The van der Waals surface area contributed by atoms with Gasteiger partial charge in [-0.25, -0.2) is 12.8 Å². The summed E-state index contributed by atoms with van der Waals surface area (Å²) in [7, 11) is -4.31. The van der Waals surface area contributed by atoms with E-state index in [2.05, 4.69) is 4.72 Å². The molecule has 5 nitrogen and oxygen atoms in total. The van der Waals surface area contributed by atoms with Crippen molar-refractivity contribution in [3.05, 3.63) is 83.2 Å². The lowest BCUT2D eigenvalue weighted by Crippen LogP contribution is -2.23. The molecule has 0 aromatic heterocycles. The van der Waals surface area contributed by atoms with Gasteiger partial charge in [-0.05, 0) is 58.5 Å². The topological polar surface area (TPSA) is 86.3 Å². The first-order valence-electron chi connectivity index (χ1n) is 8.10. The number of nitrogens with one attached hydrogen (secondary N) is 1. The Labute approximate surface area is 155 Å². The Bertz CT molecular complexity index is 1190. The van der Waals surface area contributed by atoms with Crippen LogP contribution in [-0.2, 0) is 16.4 Å². The van der Waals surface area contributed by atoms with Gasteiger partial charge in [-0.3, -0.25) is 4.72 Å². The predicted octanol–water partition coefficient (Wildman–Crippen LogP) is 2.56. The van der Waals surface area contributed by atoms with E-state index < -0.39 is 32.3 Å². The van der Waals surface area contributed by atoms with E-state index in [0.29, 0.717) is 0 Å². The van der Waals surface area contributed by atoms with E-state index in [0.717, 1.165) is 46.9 Å². The van der Waals surface area contributed by atoms with Crippen molar-refractivity contribution in [1.29, 1.82) is 0 Å². The molecule has 0 bridgehead atoms. The minimum atomic E-state index is -4.31. The summed E-state index contributed by atoms with van der Waals surface area (Å²) in [5.74, 6) is -2.63. The lowest BCUT2D eigenvalue weighted by atomic mass is 10.1. The number of anilines is 1. The fourth-order valence-corrected chi connectivity index (χ4v) is 4.39. The maximum atomic E-state index is 14.0. The average Bonchev–Trinajstić information content (AvgIpc) is 2.99. The molecule has 27 heavy (non-hydrogen) atoms. The number of halogens is 1. The van der Waals surface area contributed by atoms with Crippen LogP contribution in [0.25, 0.3) is 11.1 Å². The summed E-state index contributed by atoms with van der Waals surface area (Å²) < 4.78 is 41.5. The van der Waals surface area contributed by atoms with Crippen molar-refractivity contribution in [2.24, 2.45) is 0 Å². The van der Waals surface area contributed by atoms with Crippen LogP contribution in [0.15, 0.2) is 65.6 Å². The number of fused-ring (bicyclic) bond motifs is 3. The second-order valence-corrected chi connectivity index (χ2v) is 7.89. The van der Waals surface area contributed by atoms with Gasteiger partial charge in [0.25, 0.3) is 10.0 Å². The van der Waals surface area contributed by atoms with Crippen LogP contribution in [-0.4, -0.2) is 14.4 Å². The minimum Gasteiger partial charge on any atom is -0.545 e. The molecule has 0 atom stereocenters. The predicted molar refractivity (Wildman–Crippen MR) is 96.2 cm³/mol. The van der Waals surface area contributed by atoms with Crippen molar-refractivity contribution in [2.45, 2.75) is 11.3 Å². The fraction of sp³-hybridized carbons (Fsp3) is 0.0500. The first-order valence-corrected chi connectivity index (χ1v) is 9.58. The zero-order valence-corrected chi connectivity index (χ0v) is 14.7. The monoisotopic (exact) mass is 382 g/mol. The molecule has 0 aliphatic heterocycles. The number of aromatic carboxylic acids is 1. The Kier molecular flexibility index (Phi) is 3.96. The van der Waals surface area contributed by atoms with E-state index in [1.165, 1.54) is 0 Å². The van der Waals surface area contributed by atoms with Crippen LogP contribution in [0, 0.1) is 5.82 Å². The third kappa shape index (κ3) is 3.06. The van der Waals surface area contributed by atoms with Gasteiger partial charge in [0.05, 0.1) is 5.97 Å². The number of sulfonamides is 1. The molecule has 1 aliphatic carbocycles. The first-order chi connectivity index (χ1) is 12.8. The SMILES string of the molecule is O=C([O-])c1ccc(F)c(S(=O)(=O)Nc2ccc3c(c2)-c2ccccc2C3)c1. The zero-order valence-electron chi connectivity index (χ0n) is 13.9. The van der Waals surface area contributed by atoms with E-state index in [-0.39, 0.29) is 5.69 Å². The van der Waals surface area contributed by atoms with Crippen molar-refractivity contribution >= 4 is 21.7 Å². The highest BCUT2D eigenvalue weighted by atomic mass is 32.2. The zero-order chi connectivity index (χ0) is 19.2. The highest BCUT2D eigenvalue weighted by Gasteiger charge is 2.22. The molecule has 0 radical (unpaired) electrons. The molecule has 1 aliphatic rings. The van der Waals surface area contributed by atoms with Crippen molar-refractivity contribution in [3.8, 4) is 11.1 Å². The fourth-order valence-electron chi connectivity index (χ4n) is 3.23. The first kappa shape index (κ1) is 17.2. The van der Waals surface area contributed by atoms with Crippen molar-refractivity contribution in [2.75, 3.05) is 4.72 Å². The van der Waals surface area contributed by atoms with Gasteiger partial charge in [0.1, 0.15) is 10.7 Å². The number of hydrogen-bond donors (Lipinski definition) is 1. The molecule has 3 aromatic carbocycles. The second kappa shape index (κ2) is 6.21. The molecule has 0 unspecified atom stereocenters. The molecule has 0 heterocycles. The van der Waals surface area contributed by atoms with Gasteiger partial charge in [0.2, 0.25) is 0 Å². The largest absolute Gasteiger partial charge is 0.545 e. The van der Waals surface area contributed by atoms with E-state index in [4.69, 9.17) is 0 Å². The number of hydrogen-bond acceptors (Lipinski definition) is 4. The quantitative estimate of drug-likeness (QED) is 0.588. The van der Waals surface area contributed by atoms with Crippen LogP contribution in [0.4, 0.5) is 10.1 Å². The normalized spacial score (nSPS) is 12.3. The molecule has 0 spiro atoms. The van der Waals surface area contributed by atoms with Gasteiger partial charge in [-0.15, -0.1) is 0 Å².